The first kappa shape index (κ1) is 14.4. The summed E-state index contributed by atoms with van der Waals surface area (Å²) in [6.45, 7) is -1.04. The van der Waals surface area contributed by atoms with Crippen LogP contribution in [0.3, 0.4) is 0 Å². The second-order valence-electron chi connectivity index (χ2n) is 4.22. The summed E-state index contributed by atoms with van der Waals surface area (Å²) in [5.41, 5.74) is 7.20. The number of rotatable bonds is 5. The van der Waals surface area contributed by atoms with Gasteiger partial charge >= 0.3 is 6.18 Å². The first-order chi connectivity index (χ1) is 9.47. The molecular formula is C13H14F3N3O. The molecule has 0 bridgehead atoms. The predicted octanol–water partition coefficient (Wildman–Crippen LogP) is 2.81. The Morgan fingerprint density at radius 2 is 2.05 bits per heavy atom. The van der Waals surface area contributed by atoms with Gasteiger partial charge in [0.2, 0.25) is 0 Å². The summed E-state index contributed by atoms with van der Waals surface area (Å²) < 4.78 is 40.1. The van der Waals surface area contributed by atoms with E-state index in [9.17, 15) is 13.2 Å². The normalized spacial score (nSPS) is 11.8. The number of hydrogen-bond acceptors (Lipinski definition) is 4. The number of nitrogens with zero attached hydrogens (tertiary/aromatic N) is 1. The van der Waals surface area contributed by atoms with E-state index in [1.165, 1.54) is 0 Å². The van der Waals surface area contributed by atoms with Crippen molar-refractivity contribution in [1.82, 2.24) is 4.98 Å². The van der Waals surface area contributed by atoms with Crippen LogP contribution in [0.25, 0.3) is 10.8 Å². The third kappa shape index (κ3) is 3.74. The number of nitrogen functional groups attached to an aromatic ring is 1. The van der Waals surface area contributed by atoms with Crippen LogP contribution >= 0.6 is 0 Å². The molecule has 0 atom stereocenters. The largest absolute Gasteiger partial charge is 0.411 e. The number of halogens is 3. The first-order valence-electron chi connectivity index (χ1n) is 5.98. The molecule has 4 nitrogen and oxygen atoms in total. The van der Waals surface area contributed by atoms with Crippen molar-refractivity contribution in [3.63, 3.8) is 0 Å². The quantitative estimate of drug-likeness (QED) is 0.655. The molecule has 2 rings (SSSR count). The maximum Gasteiger partial charge on any atom is 0.411 e. The molecule has 0 fully saturated rings. The van der Waals surface area contributed by atoms with Gasteiger partial charge in [0.15, 0.2) is 0 Å². The van der Waals surface area contributed by atoms with E-state index in [0.717, 1.165) is 10.8 Å². The van der Waals surface area contributed by atoms with E-state index in [4.69, 9.17) is 5.73 Å². The van der Waals surface area contributed by atoms with E-state index >= 15 is 0 Å². The molecule has 1 heterocycles. The Balaban J connectivity index is 1.92. The zero-order valence-electron chi connectivity index (χ0n) is 10.6. The van der Waals surface area contributed by atoms with Gasteiger partial charge in [-0.25, -0.2) is 0 Å². The van der Waals surface area contributed by atoms with E-state index in [-0.39, 0.29) is 13.2 Å². The van der Waals surface area contributed by atoms with Crippen LogP contribution in [0.2, 0.25) is 0 Å². The molecule has 20 heavy (non-hydrogen) atoms. The lowest BCUT2D eigenvalue weighted by Gasteiger charge is -2.12. The standard InChI is InChI=1S/C13H14F3N3O/c14-13(15,16)8-20-6-5-19-11-2-1-9-7-18-4-3-10(9)12(11)17/h1-4,7,19H,5-6,8,17H2. The molecule has 3 N–H and O–H groups in total. The van der Waals surface area contributed by atoms with Gasteiger partial charge < -0.3 is 15.8 Å². The molecule has 1 aromatic carbocycles. The van der Waals surface area contributed by atoms with Crippen LogP contribution in [0.15, 0.2) is 30.6 Å². The third-order valence-electron chi connectivity index (χ3n) is 2.69. The zero-order valence-corrected chi connectivity index (χ0v) is 10.6. The lowest BCUT2D eigenvalue weighted by molar-refractivity contribution is -0.172. The average molecular weight is 285 g/mol. The summed E-state index contributed by atoms with van der Waals surface area (Å²) >= 11 is 0. The summed E-state index contributed by atoms with van der Waals surface area (Å²) in [6.07, 6.45) is -0.966. The smallest absolute Gasteiger partial charge is 0.397 e. The fourth-order valence-electron chi connectivity index (χ4n) is 1.79. The van der Waals surface area contributed by atoms with Crippen molar-refractivity contribution >= 4 is 22.1 Å². The van der Waals surface area contributed by atoms with Gasteiger partial charge in [0.25, 0.3) is 0 Å². The number of ether oxygens (including phenoxy) is 1. The van der Waals surface area contributed by atoms with E-state index in [2.05, 4.69) is 15.0 Å². The van der Waals surface area contributed by atoms with Crippen LogP contribution in [0.4, 0.5) is 24.5 Å². The molecule has 7 heteroatoms. The van der Waals surface area contributed by atoms with Crippen LogP contribution in [0.5, 0.6) is 0 Å². The number of hydrogen-bond donors (Lipinski definition) is 2. The molecule has 108 valence electrons. The van der Waals surface area contributed by atoms with Gasteiger partial charge in [0, 0.05) is 29.7 Å². The van der Waals surface area contributed by atoms with Crippen molar-refractivity contribution in [2.75, 3.05) is 30.8 Å². The van der Waals surface area contributed by atoms with Gasteiger partial charge in [-0.15, -0.1) is 0 Å². The van der Waals surface area contributed by atoms with E-state index in [1.807, 2.05) is 6.07 Å². The van der Waals surface area contributed by atoms with Crippen molar-refractivity contribution in [2.45, 2.75) is 6.18 Å². The van der Waals surface area contributed by atoms with E-state index < -0.39 is 12.8 Å². The van der Waals surface area contributed by atoms with Gasteiger partial charge in [-0.3, -0.25) is 4.98 Å². The Bertz CT molecular complexity index is 587. The second kappa shape index (κ2) is 5.96. The highest BCUT2D eigenvalue weighted by molar-refractivity contribution is 5.98. The molecule has 0 aliphatic carbocycles. The summed E-state index contributed by atoms with van der Waals surface area (Å²) in [7, 11) is 0. The van der Waals surface area contributed by atoms with Gasteiger partial charge in [-0.2, -0.15) is 13.2 Å². The number of alkyl halides is 3. The molecule has 0 saturated heterocycles. The van der Waals surface area contributed by atoms with Gasteiger partial charge in [0.05, 0.1) is 18.0 Å². The molecule has 1 aromatic heterocycles. The maximum absolute atomic E-state index is 11.9. The highest BCUT2D eigenvalue weighted by Gasteiger charge is 2.27. The maximum atomic E-state index is 11.9. The highest BCUT2D eigenvalue weighted by Crippen LogP contribution is 2.27. The molecule has 0 spiro atoms. The van der Waals surface area contributed by atoms with Crippen LogP contribution in [0.1, 0.15) is 0 Å². The predicted molar refractivity (Wildman–Crippen MR) is 71.5 cm³/mol. The van der Waals surface area contributed by atoms with Gasteiger partial charge in [0.1, 0.15) is 6.61 Å². The molecule has 2 aromatic rings. The minimum Gasteiger partial charge on any atom is -0.397 e. The monoisotopic (exact) mass is 285 g/mol. The van der Waals surface area contributed by atoms with E-state index in [0.29, 0.717) is 11.4 Å². The average Bonchev–Trinajstić information content (AvgIpc) is 2.40. The summed E-state index contributed by atoms with van der Waals surface area (Å²) in [6, 6.07) is 5.40. The first-order valence-corrected chi connectivity index (χ1v) is 5.98. The lowest BCUT2D eigenvalue weighted by Crippen LogP contribution is -2.20. The number of aromatic nitrogens is 1. The van der Waals surface area contributed by atoms with Crippen molar-refractivity contribution in [3.8, 4) is 0 Å². The third-order valence-corrected chi connectivity index (χ3v) is 2.69. The Labute approximate surface area is 113 Å². The molecule has 0 aliphatic heterocycles. The van der Waals surface area contributed by atoms with E-state index in [1.54, 1.807) is 24.5 Å². The summed E-state index contributed by atoms with van der Waals surface area (Å²) in [5, 5.41) is 4.71. The number of pyridine rings is 1. The minimum atomic E-state index is -4.30. The van der Waals surface area contributed by atoms with Crippen LogP contribution in [-0.4, -0.2) is 30.9 Å². The highest BCUT2D eigenvalue weighted by atomic mass is 19.4. The Hall–Kier alpha value is -2.02. The van der Waals surface area contributed by atoms with Crippen LogP contribution in [-0.2, 0) is 4.74 Å². The fourth-order valence-corrected chi connectivity index (χ4v) is 1.79. The SMILES string of the molecule is Nc1c(NCCOCC(F)(F)F)ccc2cnccc12. The second-order valence-corrected chi connectivity index (χ2v) is 4.22. The molecular weight excluding hydrogens is 271 g/mol. The van der Waals surface area contributed by atoms with Gasteiger partial charge in [-0.1, -0.05) is 6.07 Å². The van der Waals surface area contributed by atoms with Crippen molar-refractivity contribution in [1.29, 1.82) is 0 Å². The minimum absolute atomic E-state index is 0.0483. The Kier molecular flexibility index (Phi) is 4.29. The number of fused-ring (bicyclic) bond motifs is 1. The van der Waals surface area contributed by atoms with Crippen molar-refractivity contribution in [2.24, 2.45) is 0 Å². The Morgan fingerprint density at radius 1 is 1.25 bits per heavy atom. The van der Waals surface area contributed by atoms with Gasteiger partial charge in [-0.05, 0) is 12.1 Å². The van der Waals surface area contributed by atoms with Crippen molar-refractivity contribution < 1.29 is 17.9 Å². The van der Waals surface area contributed by atoms with Crippen LogP contribution in [0, 0.1) is 0 Å². The molecule has 0 amide bonds. The molecule has 0 unspecified atom stereocenters. The number of nitrogens with one attached hydrogen (secondary N) is 1. The number of anilines is 2. The van der Waals surface area contributed by atoms with Crippen LogP contribution < -0.4 is 11.1 Å². The fraction of sp³-hybridized carbons (Fsp3) is 0.308. The lowest BCUT2D eigenvalue weighted by atomic mass is 10.1. The zero-order chi connectivity index (χ0) is 14.6. The van der Waals surface area contributed by atoms with Crippen molar-refractivity contribution in [3.05, 3.63) is 30.6 Å². The molecule has 0 radical (unpaired) electrons. The summed E-state index contributed by atoms with van der Waals surface area (Å²) in [5.74, 6) is 0. The Morgan fingerprint density at radius 3 is 2.80 bits per heavy atom. The molecule has 0 aliphatic rings. The topological polar surface area (TPSA) is 60.2 Å². The molecule has 0 saturated carbocycles. The number of benzene rings is 1. The summed E-state index contributed by atoms with van der Waals surface area (Å²) in [4.78, 5) is 3.99. The number of nitrogens with two attached hydrogens (primary N) is 1.